The van der Waals surface area contributed by atoms with E-state index < -0.39 is 36.0 Å². The average molecular weight is 406 g/mol. The summed E-state index contributed by atoms with van der Waals surface area (Å²) < 4.78 is 43.3. The molecule has 26 heavy (non-hydrogen) atoms. The van der Waals surface area contributed by atoms with E-state index in [1.54, 1.807) is 24.3 Å². The lowest BCUT2D eigenvalue weighted by Crippen LogP contribution is -2.39. The second kappa shape index (κ2) is 7.12. The van der Waals surface area contributed by atoms with E-state index in [0.29, 0.717) is 10.6 Å². The molecule has 0 aliphatic carbocycles. The molecule has 11 heteroatoms. The Morgan fingerprint density at radius 2 is 2.08 bits per heavy atom. The van der Waals surface area contributed by atoms with Crippen molar-refractivity contribution >= 4 is 34.9 Å². The summed E-state index contributed by atoms with van der Waals surface area (Å²) in [6.45, 7) is -0.0241. The van der Waals surface area contributed by atoms with Crippen LogP contribution in [-0.2, 0) is 15.7 Å². The third-order valence-electron chi connectivity index (χ3n) is 3.52. The van der Waals surface area contributed by atoms with Crippen molar-refractivity contribution in [3.05, 3.63) is 50.9 Å². The first-order chi connectivity index (χ1) is 12.2. The highest BCUT2D eigenvalue weighted by Gasteiger charge is 2.36. The zero-order valence-electron chi connectivity index (χ0n) is 12.8. The van der Waals surface area contributed by atoms with E-state index in [1.807, 2.05) is 0 Å². The first kappa shape index (κ1) is 18.5. The predicted octanol–water partition coefficient (Wildman–Crippen LogP) is 3.13. The molecule has 6 nitrogen and oxygen atoms in total. The van der Waals surface area contributed by atoms with Crippen molar-refractivity contribution < 1.29 is 27.5 Å². The summed E-state index contributed by atoms with van der Waals surface area (Å²) in [5.41, 5.74) is -0.553. The molecule has 0 bridgehead atoms. The summed E-state index contributed by atoms with van der Waals surface area (Å²) in [5.74, 6) is -0.646. The summed E-state index contributed by atoms with van der Waals surface area (Å²) in [6, 6.07) is 5.29. The molecule has 2 heterocycles. The van der Waals surface area contributed by atoms with Crippen molar-refractivity contribution in [3.8, 4) is 0 Å². The Hall–Kier alpha value is -2.33. The second-order valence-corrected chi connectivity index (χ2v) is 6.66. The van der Waals surface area contributed by atoms with Crippen molar-refractivity contribution in [2.24, 2.45) is 0 Å². The Kier molecular flexibility index (Phi) is 5.05. The number of carbonyl (C=O) groups is 2. The fourth-order valence-electron chi connectivity index (χ4n) is 2.26. The maximum Gasteiger partial charge on any atom is 0.434 e. The number of alkyl halides is 3. The quantitative estimate of drug-likeness (QED) is 0.819. The molecule has 1 unspecified atom stereocenters. The van der Waals surface area contributed by atoms with Gasteiger partial charge in [-0.25, -0.2) is 9.78 Å². The zero-order chi connectivity index (χ0) is 18.9. The van der Waals surface area contributed by atoms with Gasteiger partial charge in [0.05, 0.1) is 6.54 Å². The maximum absolute atomic E-state index is 12.8. The molecule has 1 aliphatic rings. The lowest BCUT2D eigenvalue weighted by molar-refractivity contribution is -0.140. The van der Waals surface area contributed by atoms with Crippen molar-refractivity contribution in [1.82, 2.24) is 15.6 Å². The molecule has 2 N–H and O–H groups in total. The zero-order valence-corrected chi connectivity index (χ0v) is 14.4. The number of ether oxygens (including phenoxy) is 1. The fourth-order valence-corrected chi connectivity index (χ4v) is 3.29. The van der Waals surface area contributed by atoms with Crippen LogP contribution in [-0.4, -0.2) is 29.6 Å². The number of hydrogen-bond acceptors (Lipinski definition) is 5. The Balaban J connectivity index is 1.89. The highest BCUT2D eigenvalue weighted by atomic mass is 35.5. The van der Waals surface area contributed by atoms with Crippen LogP contribution < -0.4 is 10.6 Å². The van der Waals surface area contributed by atoms with Crippen LogP contribution in [0.15, 0.2) is 29.6 Å². The van der Waals surface area contributed by atoms with Gasteiger partial charge in [0.25, 0.3) is 5.91 Å². The van der Waals surface area contributed by atoms with Crippen LogP contribution in [0.1, 0.15) is 22.3 Å². The van der Waals surface area contributed by atoms with Crippen molar-refractivity contribution in [2.45, 2.75) is 18.3 Å². The summed E-state index contributed by atoms with van der Waals surface area (Å²) in [7, 11) is 0. The van der Waals surface area contributed by atoms with Gasteiger partial charge in [0.2, 0.25) is 0 Å². The number of rotatable bonds is 4. The summed E-state index contributed by atoms with van der Waals surface area (Å²) >= 11 is 6.60. The summed E-state index contributed by atoms with van der Waals surface area (Å²) in [4.78, 5) is 27.0. The molecule has 1 aromatic heterocycles. The third-order valence-corrected chi connectivity index (χ3v) is 4.68. The SMILES string of the molecule is O=C1NCC(C(=O)N[C@H](c2ccc(Cl)cc2)c2nc(C(F)(F)F)cs2)O1. The van der Waals surface area contributed by atoms with Gasteiger partial charge in [-0.2, -0.15) is 13.2 Å². The number of halogens is 4. The van der Waals surface area contributed by atoms with Gasteiger partial charge in [0.15, 0.2) is 11.8 Å². The summed E-state index contributed by atoms with van der Waals surface area (Å²) in [6.07, 6.45) is -6.39. The van der Waals surface area contributed by atoms with Gasteiger partial charge in [0.1, 0.15) is 11.0 Å². The molecule has 3 rings (SSSR count). The van der Waals surface area contributed by atoms with E-state index in [0.717, 1.165) is 16.7 Å². The molecular weight excluding hydrogens is 395 g/mol. The van der Waals surface area contributed by atoms with Gasteiger partial charge < -0.3 is 15.4 Å². The van der Waals surface area contributed by atoms with E-state index >= 15 is 0 Å². The molecule has 2 amide bonds. The minimum absolute atomic E-state index is 0.0241. The average Bonchev–Trinajstić information content (AvgIpc) is 3.22. The number of thiazole rings is 1. The number of nitrogens with one attached hydrogen (secondary N) is 2. The van der Waals surface area contributed by atoms with Crippen LogP contribution in [0.4, 0.5) is 18.0 Å². The Morgan fingerprint density at radius 1 is 1.38 bits per heavy atom. The Morgan fingerprint density at radius 3 is 2.62 bits per heavy atom. The molecule has 2 atom stereocenters. The highest BCUT2D eigenvalue weighted by molar-refractivity contribution is 7.09. The number of nitrogens with zero attached hydrogens (tertiary/aromatic N) is 1. The minimum Gasteiger partial charge on any atom is -0.434 e. The molecule has 1 fully saturated rings. The lowest BCUT2D eigenvalue weighted by atomic mass is 10.1. The van der Waals surface area contributed by atoms with Gasteiger partial charge in [-0.15, -0.1) is 11.3 Å². The van der Waals surface area contributed by atoms with Crippen molar-refractivity contribution in [1.29, 1.82) is 0 Å². The number of amides is 2. The van der Waals surface area contributed by atoms with Crippen LogP contribution >= 0.6 is 22.9 Å². The number of cyclic esters (lactones) is 1. The van der Waals surface area contributed by atoms with Crippen molar-refractivity contribution in [2.75, 3.05) is 6.54 Å². The summed E-state index contributed by atoms with van der Waals surface area (Å²) in [5, 5.41) is 6.27. The number of hydrogen-bond donors (Lipinski definition) is 2. The van der Waals surface area contributed by atoms with Crippen LogP contribution in [0.2, 0.25) is 5.02 Å². The molecule has 1 aromatic carbocycles. The lowest BCUT2D eigenvalue weighted by Gasteiger charge is -2.19. The molecule has 0 spiro atoms. The van der Waals surface area contributed by atoms with E-state index in [-0.39, 0.29) is 11.6 Å². The molecule has 0 saturated carbocycles. The van der Waals surface area contributed by atoms with E-state index in [2.05, 4.69) is 15.6 Å². The number of alkyl carbamates (subject to hydrolysis) is 1. The topological polar surface area (TPSA) is 80.3 Å². The predicted molar refractivity (Wildman–Crippen MR) is 86.8 cm³/mol. The first-order valence-electron chi connectivity index (χ1n) is 7.27. The fraction of sp³-hybridized carbons (Fsp3) is 0.267. The van der Waals surface area contributed by atoms with Crippen molar-refractivity contribution in [3.63, 3.8) is 0 Å². The van der Waals surface area contributed by atoms with E-state index in [4.69, 9.17) is 16.3 Å². The molecular formula is C15H11ClF3N3O3S. The van der Waals surface area contributed by atoms with Crippen LogP contribution in [0.25, 0.3) is 0 Å². The van der Waals surface area contributed by atoms with E-state index in [9.17, 15) is 22.8 Å². The number of benzene rings is 1. The maximum atomic E-state index is 12.8. The van der Waals surface area contributed by atoms with Gasteiger partial charge in [-0.1, -0.05) is 23.7 Å². The van der Waals surface area contributed by atoms with E-state index in [1.165, 1.54) is 0 Å². The van der Waals surface area contributed by atoms with Gasteiger partial charge in [-0.05, 0) is 17.7 Å². The standard InChI is InChI=1S/C15H11ClF3N3O3S/c16-8-3-1-7(2-4-8)11(13-21-10(6-26-13)15(17,18)19)22-12(23)9-5-20-14(24)25-9/h1-4,6,9,11H,5H2,(H,20,24)(H,22,23)/t9?,11-/m1/s1. The Labute approximate surface area is 154 Å². The van der Waals surface area contributed by atoms with Crippen LogP contribution in [0, 0.1) is 0 Å². The Bertz CT molecular complexity index is 826. The van der Waals surface area contributed by atoms with Gasteiger partial charge in [-0.3, -0.25) is 4.79 Å². The largest absolute Gasteiger partial charge is 0.434 e. The number of carbonyl (C=O) groups excluding carboxylic acids is 2. The van der Waals surface area contributed by atoms with Gasteiger partial charge in [0, 0.05) is 10.4 Å². The van der Waals surface area contributed by atoms with Crippen LogP contribution in [0.5, 0.6) is 0 Å². The van der Waals surface area contributed by atoms with Crippen LogP contribution in [0.3, 0.4) is 0 Å². The van der Waals surface area contributed by atoms with Gasteiger partial charge >= 0.3 is 12.3 Å². The third kappa shape index (κ3) is 4.07. The molecule has 1 aliphatic heterocycles. The highest BCUT2D eigenvalue weighted by Crippen LogP contribution is 2.33. The normalized spacial score (nSPS) is 18.2. The second-order valence-electron chi connectivity index (χ2n) is 5.34. The minimum atomic E-state index is -4.59. The monoisotopic (exact) mass is 405 g/mol. The molecule has 138 valence electrons. The smallest absolute Gasteiger partial charge is 0.434 e. The first-order valence-corrected chi connectivity index (χ1v) is 8.53. The number of aromatic nitrogens is 1. The molecule has 1 saturated heterocycles. The molecule has 0 radical (unpaired) electrons. The molecule has 2 aromatic rings.